The molecule has 0 heterocycles. The minimum absolute atomic E-state index is 0.0900. The first-order valence-electron chi connectivity index (χ1n) is 5.00. The molecule has 80 valence electrons. The van der Waals surface area contributed by atoms with Crippen LogP contribution in [0.3, 0.4) is 0 Å². The summed E-state index contributed by atoms with van der Waals surface area (Å²) in [5, 5.41) is 11.9. The van der Waals surface area contributed by atoms with Crippen molar-refractivity contribution in [3.8, 4) is 6.07 Å². The third-order valence-corrected chi connectivity index (χ3v) is 2.20. The number of benzene rings is 1. The summed E-state index contributed by atoms with van der Waals surface area (Å²) >= 11 is 0. The monoisotopic (exact) mass is 206 g/mol. The smallest absolute Gasteiger partial charge is 0.141 e. The second-order valence-corrected chi connectivity index (χ2v) is 3.89. The van der Waals surface area contributed by atoms with Crippen molar-refractivity contribution < 1.29 is 4.39 Å². The van der Waals surface area contributed by atoms with E-state index >= 15 is 0 Å². The maximum Gasteiger partial charge on any atom is 0.141 e. The highest BCUT2D eigenvalue weighted by molar-refractivity contribution is 5.34. The Bertz CT molecular complexity index is 380. The maximum absolute atomic E-state index is 13.3. The molecule has 0 spiro atoms. The largest absolute Gasteiger partial charge is 0.308 e. The summed E-state index contributed by atoms with van der Waals surface area (Å²) in [5.41, 5.74) is 0.954. The average molecular weight is 206 g/mol. The standard InChI is InChI=1S/C12H15FN2/c1-8(2)15-9(3)10-4-5-11(7-14)12(13)6-10/h4-6,8-9,15H,1-3H3. The Morgan fingerprint density at radius 3 is 2.47 bits per heavy atom. The molecule has 3 heteroatoms. The Morgan fingerprint density at radius 2 is 2.00 bits per heavy atom. The van der Waals surface area contributed by atoms with E-state index in [9.17, 15) is 4.39 Å². The van der Waals surface area contributed by atoms with Gasteiger partial charge in [-0.15, -0.1) is 0 Å². The zero-order valence-electron chi connectivity index (χ0n) is 9.21. The third-order valence-electron chi connectivity index (χ3n) is 2.20. The number of rotatable bonds is 3. The summed E-state index contributed by atoms with van der Waals surface area (Å²) in [4.78, 5) is 0. The van der Waals surface area contributed by atoms with Gasteiger partial charge in [-0.05, 0) is 24.6 Å². The summed E-state index contributed by atoms with van der Waals surface area (Å²) in [5.74, 6) is -0.451. The number of nitrogens with one attached hydrogen (secondary N) is 1. The first kappa shape index (κ1) is 11.7. The second-order valence-electron chi connectivity index (χ2n) is 3.89. The van der Waals surface area contributed by atoms with E-state index in [1.165, 1.54) is 12.1 Å². The fraction of sp³-hybridized carbons (Fsp3) is 0.417. The minimum atomic E-state index is -0.451. The number of nitrogens with zero attached hydrogens (tertiary/aromatic N) is 1. The highest BCUT2D eigenvalue weighted by atomic mass is 19.1. The van der Waals surface area contributed by atoms with Gasteiger partial charge in [-0.25, -0.2) is 4.39 Å². The summed E-state index contributed by atoms with van der Waals surface area (Å²) < 4.78 is 13.3. The molecule has 1 N–H and O–H groups in total. The molecule has 0 aliphatic heterocycles. The van der Waals surface area contributed by atoms with Gasteiger partial charge in [-0.1, -0.05) is 19.9 Å². The van der Waals surface area contributed by atoms with Gasteiger partial charge in [0.15, 0.2) is 0 Å². The zero-order chi connectivity index (χ0) is 11.4. The van der Waals surface area contributed by atoms with E-state index in [0.29, 0.717) is 6.04 Å². The Hall–Kier alpha value is -1.40. The Labute approximate surface area is 89.7 Å². The second kappa shape index (κ2) is 4.90. The van der Waals surface area contributed by atoms with Gasteiger partial charge in [0.05, 0.1) is 5.56 Å². The molecular weight excluding hydrogens is 191 g/mol. The molecule has 0 amide bonds. The number of halogens is 1. The van der Waals surface area contributed by atoms with E-state index in [1.54, 1.807) is 12.1 Å². The zero-order valence-corrected chi connectivity index (χ0v) is 9.21. The molecule has 0 saturated heterocycles. The van der Waals surface area contributed by atoms with Crippen LogP contribution in [0, 0.1) is 17.1 Å². The predicted octanol–water partition coefficient (Wildman–Crippen LogP) is 2.76. The first-order valence-corrected chi connectivity index (χ1v) is 5.00. The van der Waals surface area contributed by atoms with Crippen LogP contribution in [0.15, 0.2) is 18.2 Å². The Morgan fingerprint density at radius 1 is 1.33 bits per heavy atom. The van der Waals surface area contributed by atoms with Crippen LogP contribution in [0.1, 0.15) is 37.9 Å². The molecule has 0 aliphatic rings. The van der Waals surface area contributed by atoms with Gasteiger partial charge in [0.2, 0.25) is 0 Å². The topological polar surface area (TPSA) is 35.8 Å². The van der Waals surface area contributed by atoms with Gasteiger partial charge >= 0.3 is 0 Å². The molecule has 0 radical (unpaired) electrons. The van der Waals surface area contributed by atoms with Crippen molar-refractivity contribution in [2.24, 2.45) is 0 Å². The lowest BCUT2D eigenvalue weighted by Gasteiger charge is -2.17. The molecule has 0 fully saturated rings. The molecule has 1 unspecified atom stereocenters. The third kappa shape index (κ3) is 3.03. The molecule has 1 rings (SSSR count). The molecule has 0 aliphatic carbocycles. The molecule has 15 heavy (non-hydrogen) atoms. The highest BCUT2D eigenvalue weighted by Crippen LogP contribution is 2.16. The average Bonchev–Trinajstić information content (AvgIpc) is 2.16. The number of nitriles is 1. The molecule has 2 nitrogen and oxygen atoms in total. The van der Waals surface area contributed by atoms with Crippen LogP contribution in [0.2, 0.25) is 0 Å². The molecule has 0 bridgehead atoms. The Kier molecular flexibility index (Phi) is 3.81. The molecule has 1 atom stereocenters. The SMILES string of the molecule is CC(C)NC(C)c1ccc(C#N)c(F)c1. The van der Waals surface area contributed by atoms with Crippen LogP contribution in [0.4, 0.5) is 4.39 Å². The fourth-order valence-corrected chi connectivity index (χ4v) is 1.49. The fourth-order valence-electron chi connectivity index (χ4n) is 1.49. The van der Waals surface area contributed by atoms with Gasteiger partial charge in [0, 0.05) is 12.1 Å². The maximum atomic E-state index is 13.3. The minimum Gasteiger partial charge on any atom is -0.308 e. The van der Waals surface area contributed by atoms with Crippen molar-refractivity contribution in [1.29, 1.82) is 5.26 Å². The number of hydrogen-bond donors (Lipinski definition) is 1. The lowest BCUT2D eigenvalue weighted by Crippen LogP contribution is -2.26. The summed E-state index contributed by atoms with van der Waals surface area (Å²) in [7, 11) is 0. The van der Waals surface area contributed by atoms with Crippen LogP contribution in [-0.2, 0) is 0 Å². The van der Waals surface area contributed by atoms with Crippen LogP contribution >= 0.6 is 0 Å². The van der Waals surface area contributed by atoms with Crippen molar-refractivity contribution in [3.63, 3.8) is 0 Å². The van der Waals surface area contributed by atoms with E-state index in [1.807, 2.05) is 20.8 Å². The molecule has 0 saturated carbocycles. The quantitative estimate of drug-likeness (QED) is 0.825. The molecule has 1 aromatic rings. The Balaban J connectivity index is 2.88. The summed E-state index contributed by atoms with van der Waals surface area (Å²) in [6.07, 6.45) is 0. The van der Waals surface area contributed by atoms with Crippen LogP contribution in [-0.4, -0.2) is 6.04 Å². The van der Waals surface area contributed by atoms with Crippen LogP contribution in [0.5, 0.6) is 0 Å². The predicted molar refractivity (Wildman–Crippen MR) is 57.8 cm³/mol. The van der Waals surface area contributed by atoms with E-state index in [4.69, 9.17) is 5.26 Å². The number of hydrogen-bond acceptors (Lipinski definition) is 2. The van der Waals surface area contributed by atoms with E-state index in [0.717, 1.165) is 5.56 Å². The van der Waals surface area contributed by atoms with Gasteiger partial charge in [-0.3, -0.25) is 0 Å². The van der Waals surface area contributed by atoms with E-state index in [-0.39, 0.29) is 11.6 Å². The lowest BCUT2D eigenvalue weighted by molar-refractivity contribution is 0.503. The molecular formula is C12H15FN2. The van der Waals surface area contributed by atoms with Crippen molar-refractivity contribution in [3.05, 3.63) is 35.1 Å². The normalized spacial score (nSPS) is 12.5. The van der Waals surface area contributed by atoms with E-state index in [2.05, 4.69) is 5.32 Å². The van der Waals surface area contributed by atoms with Gasteiger partial charge < -0.3 is 5.32 Å². The van der Waals surface area contributed by atoms with Gasteiger partial charge in [0.1, 0.15) is 11.9 Å². The lowest BCUT2D eigenvalue weighted by atomic mass is 10.1. The van der Waals surface area contributed by atoms with Crippen LogP contribution < -0.4 is 5.32 Å². The van der Waals surface area contributed by atoms with Crippen molar-refractivity contribution in [1.82, 2.24) is 5.32 Å². The van der Waals surface area contributed by atoms with Crippen LogP contribution in [0.25, 0.3) is 0 Å². The van der Waals surface area contributed by atoms with E-state index < -0.39 is 5.82 Å². The molecule has 1 aromatic carbocycles. The first-order chi connectivity index (χ1) is 7.04. The highest BCUT2D eigenvalue weighted by Gasteiger charge is 2.09. The summed E-state index contributed by atoms with van der Waals surface area (Å²) in [6.45, 7) is 6.05. The molecule has 0 aromatic heterocycles. The summed E-state index contributed by atoms with van der Waals surface area (Å²) in [6, 6.07) is 6.95. The van der Waals surface area contributed by atoms with Crippen molar-refractivity contribution in [2.45, 2.75) is 32.9 Å². The van der Waals surface area contributed by atoms with Crippen molar-refractivity contribution >= 4 is 0 Å². The van der Waals surface area contributed by atoms with Gasteiger partial charge in [-0.2, -0.15) is 5.26 Å². The van der Waals surface area contributed by atoms with Crippen molar-refractivity contribution in [2.75, 3.05) is 0 Å². The van der Waals surface area contributed by atoms with Gasteiger partial charge in [0.25, 0.3) is 0 Å².